The number of fused-ring (bicyclic) bond motifs is 1. The summed E-state index contributed by atoms with van der Waals surface area (Å²) >= 11 is 0. The molecule has 2 aliphatic heterocycles. The maximum absolute atomic E-state index is 12.6. The van der Waals surface area contributed by atoms with Gasteiger partial charge in [-0.25, -0.2) is 0 Å². The molecule has 5 nitrogen and oxygen atoms in total. The molecule has 0 bridgehead atoms. The molecule has 19 heavy (non-hydrogen) atoms. The molecule has 1 amide bonds. The second-order valence-corrected chi connectivity index (χ2v) is 5.41. The van der Waals surface area contributed by atoms with Crippen LogP contribution in [0.2, 0.25) is 0 Å². The van der Waals surface area contributed by atoms with E-state index in [-0.39, 0.29) is 17.7 Å². The average Bonchev–Trinajstić information content (AvgIpc) is 2.98. The number of amides is 1. The Bertz CT molecular complexity index is 491. The highest BCUT2D eigenvalue weighted by atomic mass is 16.3. The zero-order valence-electron chi connectivity index (χ0n) is 11.0. The van der Waals surface area contributed by atoms with Gasteiger partial charge in [0.1, 0.15) is 5.75 Å². The van der Waals surface area contributed by atoms with Crippen LogP contribution in [0.3, 0.4) is 0 Å². The fourth-order valence-corrected chi connectivity index (χ4v) is 3.50. The molecule has 1 aromatic rings. The molecule has 3 unspecified atom stereocenters. The minimum Gasteiger partial charge on any atom is -0.505 e. The molecular weight excluding hydrogens is 242 g/mol. The average molecular weight is 261 g/mol. The largest absolute Gasteiger partial charge is 0.505 e. The topological polar surface area (TPSA) is 65.5 Å². The summed E-state index contributed by atoms with van der Waals surface area (Å²) in [6.07, 6.45) is 3.83. The highest BCUT2D eigenvalue weighted by molar-refractivity contribution is 5.97. The smallest absolute Gasteiger partial charge is 0.257 e. The third kappa shape index (κ3) is 1.98. The first-order valence-electron chi connectivity index (χ1n) is 6.87. The van der Waals surface area contributed by atoms with Crippen LogP contribution >= 0.6 is 0 Å². The van der Waals surface area contributed by atoms with E-state index in [9.17, 15) is 9.90 Å². The van der Waals surface area contributed by atoms with Gasteiger partial charge in [0.25, 0.3) is 5.91 Å². The van der Waals surface area contributed by atoms with E-state index in [1.165, 1.54) is 6.20 Å². The maximum atomic E-state index is 12.6. The van der Waals surface area contributed by atoms with Crippen molar-refractivity contribution in [2.45, 2.75) is 19.4 Å². The lowest BCUT2D eigenvalue weighted by Gasteiger charge is -2.27. The SMILES string of the molecule is CCC1C2CNCC2CN1C(=O)c1ccncc1O. The number of pyridine rings is 1. The lowest BCUT2D eigenvalue weighted by atomic mass is 9.93. The van der Waals surface area contributed by atoms with Crippen LogP contribution in [0, 0.1) is 11.8 Å². The third-order valence-electron chi connectivity index (χ3n) is 4.43. The van der Waals surface area contributed by atoms with Crippen molar-refractivity contribution < 1.29 is 9.90 Å². The van der Waals surface area contributed by atoms with Gasteiger partial charge in [0.2, 0.25) is 0 Å². The van der Waals surface area contributed by atoms with Gasteiger partial charge in [0, 0.05) is 31.9 Å². The van der Waals surface area contributed by atoms with Crippen molar-refractivity contribution in [1.29, 1.82) is 0 Å². The molecule has 1 aromatic heterocycles. The molecule has 3 rings (SSSR count). The number of aromatic nitrogens is 1. The van der Waals surface area contributed by atoms with Crippen LogP contribution in [-0.4, -0.2) is 46.6 Å². The minimum absolute atomic E-state index is 0.0301. The number of nitrogens with one attached hydrogen (secondary N) is 1. The summed E-state index contributed by atoms with van der Waals surface area (Å²) in [7, 11) is 0. The predicted molar refractivity (Wildman–Crippen MR) is 70.9 cm³/mol. The fraction of sp³-hybridized carbons (Fsp3) is 0.571. The van der Waals surface area contributed by atoms with Crippen LogP contribution in [0.5, 0.6) is 5.75 Å². The summed E-state index contributed by atoms with van der Waals surface area (Å²) in [5, 5.41) is 13.2. The van der Waals surface area contributed by atoms with Crippen molar-refractivity contribution in [3.8, 4) is 5.75 Å². The molecule has 0 radical (unpaired) electrons. The number of rotatable bonds is 2. The number of hydrogen-bond acceptors (Lipinski definition) is 4. The van der Waals surface area contributed by atoms with E-state index in [1.807, 2.05) is 4.90 Å². The normalized spacial score (nSPS) is 29.5. The van der Waals surface area contributed by atoms with Crippen LogP contribution in [-0.2, 0) is 0 Å². The Morgan fingerprint density at radius 2 is 2.42 bits per heavy atom. The van der Waals surface area contributed by atoms with Crippen LogP contribution in [0.25, 0.3) is 0 Å². The Kier molecular flexibility index (Phi) is 3.14. The summed E-state index contributed by atoms with van der Waals surface area (Å²) in [5.74, 6) is 1.01. The van der Waals surface area contributed by atoms with Crippen LogP contribution in [0.15, 0.2) is 18.5 Å². The second kappa shape index (κ2) is 4.81. The Labute approximate surface area is 112 Å². The molecular formula is C14H19N3O2. The van der Waals surface area contributed by atoms with Gasteiger partial charge in [0.15, 0.2) is 0 Å². The maximum Gasteiger partial charge on any atom is 0.257 e. The van der Waals surface area contributed by atoms with E-state index < -0.39 is 0 Å². The molecule has 0 aliphatic carbocycles. The van der Waals surface area contributed by atoms with Gasteiger partial charge in [-0.3, -0.25) is 9.78 Å². The minimum atomic E-state index is -0.0684. The zero-order valence-corrected chi connectivity index (χ0v) is 11.0. The number of nitrogens with zero attached hydrogens (tertiary/aromatic N) is 2. The monoisotopic (exact) mass is 261 g/mol. The van der Waals surface area contributed by atoms with Crippen molar-refractivity contribution >= 4 is 5.91 Å². The van der Waals surface area contributed by atoms with E-state index in [2.05, 4.69) is 17.2 Å². The van der Waals surface area contributed by atoms with Gasteiger partial charge in [-0.2, -0.15) is 0 Å². The summed E-state index contributed by atoms with van der Waals surface area (Å²) in [6, 6.07) is 1.87. The van der Waals surface area contributed by atoms with Crippen molar-refractivity contribution in [2.75, 3.05) is 19.6 Å². The van der Waals surface area contributed by atoms with Gasteiger partial charge in [-0.15, -0.1) is 0 Å². The number of hydrogen-bond donors (Lipinski definition) is 2. The molecule has 0 spiro atoms. The molecule has 2 fully saturated rings. The van der Waals surface area contributed by atoms with Gasteiger partial charge in [0.05, 0.1) is 11.8 Å². The lowest BCUT2D eigenvalue weighted by molar-refractivity contribution is 0.0708. The summed E-state index contributed by atoms with van der Waals surface area (Å²) < 4.78 is 0. The lowest BCUT2D eigenvalue weighted by Crippen LogP contribution is -2.39. The molecule has 2 saturated heterocycles. The van der Waals surface area contributed by atoms with Crippen LogP contribution in [0.4, 0.5) is 0 Å². The molecule has 0 aromatic carbocycles. The van der Waals surface area contributed by atoms with Gasteiger partial charge in [-0.05, 0) is 24.3 Å². The highest BCUT2D eigenvalue weighted by Gasteiger charge is 2.45. The van der Waals surface area contributed by atoms with Gasteiger partial charge < -0.3 is 15.3 Å². The Hall–Kier alpha value is -1.62. The van der Waals surface area contributed by atoms with Crippen molar-refractivity contribution in [3.05, 3.63) is 24.0 Å². The van der Waals surface area contributed by atoms with Crippen molar-refractivity contribution in [3.63, 3.8) is 0 Å². The van der Waals surface area contributed by atoms with E-state index in [4.69, 9.17) is 0 Å². The molecule has 3 heterocycles. The predicted octanol–water partition coefficient (Wildman–Crippen LogP) is 0.857. The molecule has 3 atom stereocenters. The number of carbonyl (C=O) groups excluding carboxylic acids is 1. The summed E-state index contributed by atoms with van der Waals surface area (Å²) in [4.78, 5) is 18.3. The Morgan fingerprint density at radius 3 is 3.16 bits per heavy atom. The fourth-order valence-electron chi connectivity index (χ4n) is 3.50. The van der Waals surface area contributed by atoms with Crippen molar-refractivity contribution in [2.24, 2.45) is 11.8 Å². The molecule has 102 valence electrons. The van der Waals surface area contributed by atoms with E-state index in [0.717, 1.165) is 26.1 Å². The van der Waals surface area contributed by atoms with E-state index in [0.29, 0.717) is 17.4 Å². The summed E-state index contributed by atoms with van der Waals surface area (Å²) in [5.41, 5.74) is 0.362. The standard InChI is InChI=1S/C14H19N3O2/c1-2-12-11-6-16-5-9(11)8-17(12)14(19)10-3-4-15-7-13(10)18/h3-4,7,9,11-12,16,18H,2,5-6,8H2,1H3. The quantitative estimate of drug-likeness (QED) is 0.828. The Balaban J connectivity index is 1.86. The van der Waals surface area contributed by atoms with E-state index >= 15 is 0 Å². The first-order chi connectivity index (χ1) is 9.22. The van der Waals surface area contributed by atoms with Crippen LogP contribution < -0.4 is 5.32 Å². The summed E-state index contributed by atoms with van der Waals surface area (Å²) in [6.45, 7) is 4.90. The van der Waals surface area contributed by atoms with Crippen LogP contribution in [0.1, 0.15) is 23.7 Å². The molecule has 0 saturated carbocycles. The van der Waals surface area contributed by atoms with Crippen molar-refractivity contribution in [1.82, 2.24) is 15.2 Å². The molecule has 5 heteroatoms. The zero-order chi connectivity index (χ0) is 13.4. The Morgan fingerprint density at radius 1 is 1.58 bits per heavy atom. The first kappa shape index (κ1) is 12.4. The number of carbonyl (C=O) groups is 1. The third-order valence-corrected chi connectivity index (χ3v) is 4.43. The van der Waals surface area contributed by atoms with E-state index in [1.54, 1.807) is 12.3 Å². The molecule has 2 aliphatic rings. The highest BCUT2D eigenvalue weighted by Crippen LogP contribution is 2.35. The second-order valence-electron chi connectivity index (χ2n) is 5.41. The number of likely N-dealkylation sites (tertiary alicyclic amines) is 1. The molecule has 2 N–H and O–H groups in total. The number of aromatic hydroxyl groups is 1. The van der Waals surface area contributed by atoms with Gasteiger partial charge in [-0.1, -0.05) is 6.92 Å². The first-order valence-corrected chi connectivity index (χ1v) is 6.87. The van der Waals surface area contributed by atoms with Gasteiger partial charge >= 0.3 is 0 Å².